The van der Waals surface area contributed by atoms with E-state index in [1.807, 2.05) is 0 Å². The summed E-state index contributed by atoms with van der Waals surface area (Å²) >= 11 is 0. The number of hydrogen-bond acceptors (Lipinski definition) is 1. The van der Waals surface area contributed by atoms with Crippen LogP contribution in [0.5, 0.6) is 0 Å². The molecule has 2 fully saturated rings. The van der Waals surface area contributed by atoms with Crippen molar-refractivity contribution in [2.24, 2.45) is 11.8 Å². The predicted octanol–water partition coefficient (Wildman–Crippen LogP) is 5.91. The van der Waals surface area contributed by atoms with E-state index in [1.165, 1.54) is 18.2 Å². The summed E-state index contributed by atoms with van der Waals surface area (Å²) in [5, 5.41) is 3.16. The van der Waals surface area contributed by atoms with Crippen molar-refractivity contribution < 1.29 is 26.7 Å². The lowest BCUT2D eigenvalue weighted by molar-refractivity contribution is -0.132. The molecule has 0 spiro atoms. The first-order valence-electron chi connectivity index (χ1n) is 10.6. The van der Waals surface area contributed by atoms with Gasteiger partial charge < -0.3 is 10.3 Å². The summed E-state index contributed by atoms with van der Waals surface area (Å²) in [6.07, 6.45) is 0.556. The molecule has 32 heavy (non-hydrogen) atoms. The lowest BCUT2D eigenvalue weighted by Gasteiger charge is -2.37. The van der Waals surface area contributed by atoms with Crippen LogP contribution in [0.1, 0.15) is 37.2 Å². The summed E-state index contributed by atoms with van der Waals surface area (Å²) < 4.78 is 67.7. The van der Waals surface area contributed by atoms with Crippen LogP contribution in [-0.4, -0.2) is 23.4 Å². The molecule has 2 N–H and O–H groups in total. The Morgan fingerprint density at radius 1 is 1.03 bits per heavy atom. The van der Waals surface area contributed by atoms with Gasteiger partial charge in [0, 0.05) is 36.8 Å². The maximum atomic E-state index is 14.4. The highest BCUT2D eigenvalue weighted by Crippen LogP contribution is 2.48. The van der Waals surface area contributed by atoms with Gasteiger partial charge in [-0.25, -0.2) is 22.0 Å². The fourth-order valence-corrected chi connectivity index (χ4v) is 4.89. The van der Waals surface area contributed by atoms with Crippen LogP contribution in [0.2, 0.25) is 0 Å². The molecule has 2 aliphatic rings. The molecule has 0 bridgehead atoms. The molecule has 168 valence electrons. The number of rotatable bonds is 5. The molecule has 2 aliphatic carbocycles. The van der Waals surface area contributed by atoms with E-state index in [9.17, 15) is 26.7 Å². The number of carbonyl (C=O) groups is 1. The average molecular weight is 448 g/mol. The number of alkyl halides is 2. The van der Waals surface area contributed by atoms with Crippen LogP contribution >= 0.6 is 0 Å². The number of aromatic nitrogens is 1. The van der Waals surface area contributed by atoms with Crippen LogP contribution in [0.25, 0.3) is 22.2 Å². The van der Waals surface area contributed by atoms with Gasteiger partial charge in [0.25, 0.3) is 0 Å². The van der Waals surface area contributed by atoms with Crippen molar-refractivity contribution in [3.05, 3.63) is 59.4 Å². The highest BCUT2D eigenvalue weighted by molar-refractivity contribution is 5.92. The highest BCUT2D eigenvalue weighted by atomic mass is 19.3. The molecule has 1 amide bonds. The van der Waals surface area contributed by atoms with Gasteiger partial charge in [0.1, 0.15) is 17.5 Å². The smallest absolute Gasteiger partial charge is 0.248 e. The molecule has 2 aromatic carbocycles. The molecule has 0 saturated heterocycles. The number of benzene rings is 2. The molecule has 5 rings (SSSR count). The molecule has 1 aromatic heterocycles. The minimum absolute atomic E-state index is 0.117. The van der Waals surface area contributed by atoms with E-state index in [0.29, 0.717) is 35.0 Å². The molecule has 3 nitrogen and oxygen atoms in total. The zero-order chi connectivity index (χ0) is 22.6. The number of halogens is 5. The molecule has 1 heterocycles. The maximum absolute atomic E-state index is 14.4. The minimum atomic E-state index is -2.62. The third-order valence-electron chi connectivity index (χ3n) is 6.65. The number of nitrogens with one attached hydrogen (secondary N) is 2. The summed E-state index contributed by atoms with van der Waals surface area (Å²) in [5.41, 5.74) is 2.08. The van der Waals surface area contributed by atoms with Gasteiger partial charge in [0.05, 0.1) is 11.2 Å². The fraction of sp³-hybridized carbons (Fsp3) is 0.375. The van der Waals surface area contributed by atoms with Crippen molar-refractivity contribution in [3.63, 3.8) is 0 Å². The summed E-state index contributed by atoms with van der Waals surface area (Å²) in [4.78, 5) is 15.5. The van der Waals surface area contributed by atoms with E-state index in [2.05, 4.69) is 10.3 Å². The Kier molecular flexibility index (Phi) is 4.98. The summed E-state index contributed by atoms with van der Waals surface area (Å²) in [6, 6.07) is 7.79. The molecular formula is C24H21F5N2O. The second-order valence-corrected chi connectivity index (χ2v) is 8.97. The second kappa shape index (κ2) is 7.60. The lowest BCUT2D eigenvalue weighted by atomic mass is 9.69. The summed E-state index contributed by atoms with van der Waals surface area (Å²) in [7, 11) is 0. The van der Waals surface area contributed by atoms with E-state index in [1.54, 1.807) is 12.1 Å². The third-order valence-corrected chi connectivity index (χ3v) is 6.65. The van der Waals surface area contributed by atoms with Gasteiger partial charge in [-0.1, -0.05) is 0 Å². The average Bonchev–Trinajstić information content (AvgIpc) is 3.03. The van der Waals surface area contributed by atoms with E-state index in [0.717, 1.165) is 6.07 Å². The van der Waals surface area contributed by atoms with Crippen molar-refractivity contribution in [1.29, 1.82) is 0 Å². The number of hydrogen-bond donors (Lipinski definition) is 2. The predicted molar refractivity (Wildman–Crippen MR) is 110 cm³/mol. The molecule has 0 radical (unpaired) electrons. The van der Waals surface area contributed by atoms with E-state index in [4.69, 9.17) is 0 Å². The first-order chi connectivity index (χ1) is 15.2. The van der Waals surface area contributed by atoms with Crippen molar-refractivity contribution in [3.8, 4) is 11.3 Å². The van der Waals surface area contributed by atoms with E-state index >= 15 is 0 Å². The van der Waals surface area contributed by atoms with Crippen LogP contribution in [-0.2, 0) is 4.79 Å². The molecule has 0 atom stereocenters. The van der Waals surface area contributed by atoms with E-state index < -0.39 is 23.4 Å². The van der Waals surface area contributed by atoms with Crippen molar-refractivity contribution in [2.75, 3.05) is 6.54 Å². The van der Waals surface area contributed by atoms with Gasteiger partial charge in [-0.3, -0.25) is 4.79 Å². The molecule has 8 heteroatoms. The quantitative estimate of drug-likeness (QED) is 0.469. The molecule has 3 aromatic rings. The Morgan fingerprint density at radius 3 is 2.38 bits per heavy atom. The number of aromatic amines is 1. The first kappa shape index (κ1) is 21.0. The maximum Gasteiger partial charge on any atom is 0.248 e. The Morgan fingerprint density at radius 2 is 1.72 bits per heavy atom. The Balaban J connectivity index is 1.36. The summed E-state index contributed by atoms with van der Waals surface area (Å²) in [5.74, 6) is -5.24. The van der Waals surface area contributed by atoms with Gasteiger partial charge in [-0.2, -0.15) is 0 Å². The van der Waals surface area contributed by atoms with E-state index in [-0.39, 0.29) is 48.6 Å². The van der Waals surface area contributed by atoms with Crippen LogP contribution in [0.3, 0.4) is 0 Å². The Bertz CT molecular complexity index is 1170. The Labute approximate surface area is 181 Å². The normalized spacial score (nSPS) is 22.4. The topological polar surface area (TPSA) is 44.9 Å². The number of fused-ring (bicyclic) bond motifs is 1. The van der Waals surface area contributed by atoms with Crippen LogP contribution < -0.4 is 5.32 Å². The molecule has 0 unspecified atom stereocenters. The van der Waals surface area contributed by atoms with Gasteiger partial charge in [-0.15, -0.1) is 0 Å². The van der Waals surface area contributed by atoms with Gasteiger partial charge >= 0.3 is 0 Å². The minimum Gasteiger partial charge on any atom is -0.356 e. The van der Waals surface area contributed by atoms with Crippen LogP contribution in [0.15, 0.2) is 36.4 Å². The highest BCUT2D eigenvalue weighted by Gasteiger charge is 2.45. The number of H-pyrrole nitrogens is 1. The standard InChI is InChI=1S/C24H21F5N2O/c25-16-3-1-13(2-4-16)21-20(18-7-17(26)8-19(27)22(18)31-21)14-5-15(6-14)23(32)30-11-12-9-24(28,29)10-12/h1-4,7-8,12,14-15,31H,5-6,9-11H2,(H,30,32). The Hall–Kier alpha value is -2.90. The van der Waals surface area contributed by atoms with Gasteiger partial charge in [0.2, 0.25) is 11.8 Å². The molecule has 2 saturated carbocycles. The molecule has 0 aliphatic heterocycles. The van der Waals surface area contributed by atoms with Crippen molar-refractivity contribution >= 4 is 16.8 Å². The fourth-order valence-electron chi connectivity index (χ4n) is 4.89. The number of amides is 1. The van der Waals surface area contributed by atoms with Gasteiger partial charge in [0.15, 0.2) is 0 Å². The number of carbonyl (C=O) groups excluding carboxylic acids is 1. The van der Waals surface area contributed by atoms with Crippen LogP contribution in [0.4, 0.5) is 22.0 Å². The SMILES string of the molecule is O=C(NCC1CC(F)(F)C1)C1CC(c2c(-c3ccc(F)cc3)[nH]c3c(F)cc(F)cc23)C1. The van der Waals surface area contributed by atoms with Gasteiger partial charge in [-0.05, 0) is 66.1 Å². The largest absolute Gasteiger partial charge is 0.356 e. The monoisotopic (exact) mass is 448 g/mol. The zero-order valence-electron chi connectivity index (χ0n) is 17.0. The first-order valence-corrected chi connectivity index (χ1v) is 10.6. The van der Waals surface area contributed by atoms with Crippen molar-refractivity contribution in [2.45, 2.75) is 37.5 Å². The lowest BCUT2D eigenvalue weighted by Crippen LogP contribution is -2.45. The van der Waals surface area contributed by atoms with Crippen LogP contribution in [0, 0.1) is 29.3 Å². The molecular weight excluding hydrogens is 427 g/mol. The summed E-state index contributed by atoms with van der Waals surface area (Å²) in [6.45, 7) is 0.236. The zero-order valence-corrected chi connectivity index (χ0v) is 17.0. The second-order valence-electron chi connectivity index (χ2n) is 8.97. The third kappa shape index (κ3) is 3.76. The van der Waals surface area contributed by atoms with Crippen molar-refractivity contribution in [1.82, 2.24) is 10.3 Å².